The highest BCUT2D eigenvalue weighted by Crippen LogP contribution is 2.29. The standard InChI is InChI=1S/C25H29N5O/c1-15-2-3-17(24(31)28-20-9-10-20)13-22(15)16-4-11-23-18(12-16)14-27-25(30-23)29-21-7-5-19(26)6-8-21/h2-4,11-14,19-21H,5-10,26H2,1H3,(H,28,31)(H,27,29,30)/t19-,21-. The van der Waals surface area contributed by atoms with Crippen molar-refractivity contribution >= 4 is 22.8 Å². The van der Waals surface area contributed by atoms with Crippen LogP contribution in [0.15, 0.2) is 42.6 Å². The van der Waals surface area contributed by atoms with Crippen LogP contribution < -0.4 is 16.4 Å². The minimum atomic E-state index is 0.00672. The SMILES string of the molecule is Cc1ccc(C(=O)NC2CC2)cc1-c1ccc2nc(N[C@H]3CC[C@H](N)CC3)ncc2c1. The molecule has 0 bridgehead atoms. The quantitative estimate of drug-likeness (QED) is 0.581. The van der Waals surface area contributed by atoms with E-state index in [0.29, 0.717) is 29.6 Å². The highest BCUT2D eigenvalue weighted by atomic mass is 16.1. The Morgan fingerprint density at radius 1 is 1.00 bits per heavy atom. The minimum Gasteiger partial charge on any atom is -0.351 e. The molecule has 1 amide bonds. The molecule has 6 heteroatoms. The molecule has 6 nitrogen and oxygen atoms in total. The Morgan fingerprint density at radius 2 is 1.77 bits per heavy atom. The van der Waals surface area contributed by atoms with Crippen LogP contribution in [0.2, 0.25) is 0 Å². The van der Waals surface area contributed by atoms with Gasteiger partial charge in [-0.3, -0.25) is 4.79 Å². The minimum absolute atomic E-state index is 0.00672. The van der Waals surface area contributed by atoms with Gasteiger partial charge in [0.15, 0.2) is 0 Å². The number of carbonyl (C=O) groups is 1. The van der Waals surface area contributed by atoms with E-state index in [4.69, 9.17) is 10.7 Å². The Morgan fingerprint density at radius 3 is 2.55 bits per heavy atom. The summed E-state index contributed by atoms with van der Waals surface area (Å²) in [5.74, 6) is 0.683. The largest absolute Gasteiger partial charge is 0.351 e. The average molecular weight is 416 g/mol. The first-order valence-electron chi connectivity index (χ1n) is 11.3. The molecule has 2 aliphatic rings. The van der Waals surface area contributed by atoms with E-state index >= 15 is 0 Å². The first kappa shape index (κ1) is 19.9. The van der Waals surface area contributed by atoms with Crippen LogP contribution in [0.5, 0.6) is 0 Å². The summed E-state index contributed by atoms with van der Waals surface area (Å²) in [5, 5.41) is 7.52. The van der Waals surface area contributed by atoms with Crippen LogP contribution in [0.1, 0.15) is 54.4 Å². The molecule has 0 atom stereocenters. The van der Waals surface area contributed by atoms with Gasteiger partial charge in [0.1, 0.15) is 0 Å². The molecular weight excluding hydrogens is 386 g/mol. The second-order valence-electron chi connectivity index (χ2n) is 9.00. The van der Waals surface area contributed by atoms with E-state index in [1.807, 2.05) is 30.5 Å². The van der Waals surface area contributed by atoms with Gasteiger partial charge in [0, 0.05) is 35.3 Å². The van der Waals surface area contributed by atoms with Crippen molar-refractivity contribution in [1.29, 1.82) is 0 Å². The monoisotopic (exact) mass is 415 g/mol. The van der Waals surface area contributed by atoms with Crippen molar-refractivity contribution in [3.05, 3.63) is 53.7 Å². The Balaban J connectivity index is 1.37. The number of anilines is 1. The number of amides is 1. The van der Waals surface area contributed by atoms with Gasteiger partial charge in [-0.1, -0.05) is 12.1 Å². The van der Waals surface area contributed by atoms with Crippen LogP contribution in [-0.2, 0) is 0 Å². The lowest BCUT2D eigenvalue weighted by Gasteiger charge is -2.26. The highest BCUT2D eigenvalue weighted by Gasteiger charge is 2.24. The van der Waals surface area contributed by atoms with Crippen molar-refractivity contribution < 1.29 is 4.79 Å². The summed E-state index contributed by atoms with van der Waals surface area (Å²) in [5.41, 5.74) is 10.9. The third-order valence-electron chi connectivity index (χ3n) is 6.41. The Labute approximate surface area is 182 Å². The number of fused-ring (bicyclic) bond motifs is 1. The fraction of sp³-hybridized carbons (Fsp3) is 0.400. The maximum atomic E-state index is 12.5. The van der Waals surface area contributed by atoms with Gasteiger partial charge in [-0.25, -0.2) is 9.97 Å². The summed E-state index contributed by atoms with van der Waals surface area (Å²) < 4.78 is 0. The third kappa shape index (κ3) is 4.54. The summed E-state index contributed by atoms with van der Waals surface area (Å²) in [4.78, 5) is 21.7. The Bertz CT molecular complexity index is 1120. The molecule has 0 saturated heterocycles. The summed E-state index contributed by atoms with van der Waals surface area (Å²) in [6.45, 7) is 2.07. The van der Waals surface area contributed by atoms with Crippen LogP contribution >= 0.6 is 0 Å². The number of rotatable bonds is 5. The van der Waals surface area contributed by atoms with Crippen molar-refractivity contribution in [2.24, 2.45) is 5.73 Å². The lowest BCUT2D eigenvalue weighted by Crippen LogP contribution is -2.33. The number of aromatic nitrogens is 2. The number of nitrogens with one attached hydrogen (secondary N) is 2. The van der Waals surface area contributed by atoms with E-state index in [-0.39, 0.29) is 5.91 Å². The average Bonchev–Trinajstić information content (AvgIpc) is 3.59. The topological polar surface area (TPSA) is 92.9 Å². The molecule has 0 unspecified atom stereocenters. The van der Waals surface area contributed by atoms with E-state index in [1.165, 1.54) is 0 Å². The lowest BCUT2D eigenvalue weighted by atomic mass is 9.92. The van der Waals surface area contributed by atoms with E-state index in [0.717, 1.165) is 66.1 Å². The molecular formula is C25H29N5O. The molecule has 1 aromatic heterocycles. The Hall–Kier alpha value is -2.99. The molecule has 0 spiro atoms. The van der Waals surface area contributed by atoms with Gasteiger partial charge in [0.2, 0.25) is 5.95 Å². The maximum Gasteiger partial charge on any atom is 0.251 e. The lowest BCUT2D eigenvalue weighted by molar-refractivity contribution is 0.0951. The van der Waals surface area contributed by atoms with Crippen LogP contribution in [0.3, 0.4) is 0 Å². The van der Waals surface area contributed by atoms with E-state index in [2.05, 4.69) is 34.7 Å². The zero-order valence-corrected chi connectivity index (χ0v) is 17.9. The molecule has 2 aromatic carbocycles. The smallest absolute Gasteiger partial charge is 0.251 e. The van der Waals surface area contributed by atoms with Gasteiger partial charge in [0.05, 0.1) is 5.52 Å². The zero-order valence-electron chi connectivity index (χ0n) is 17.9. The second kappa shape index (κ2) is 8.27. The van der Waals surface area contributed by atoms with Crippen LogP contribution in [0.25, 0.3) is 22.0 Å². The molecule has 3 aromatic rings. The third-order valence-corrected chi connectivity index (χ3v) is 6.41. The number of aryl methyl sites for hydroxylation is 1. The molecule has 2 fully saturated rings. The van der Waals surface area contributed by atoms with Crippen LogP contribution in [-0.4, -0.2) is 34.0 Å². The van der Waals surface area contributed by atoms with Crippen molar-refractivity contribution in [1.82, 2.24) is 15.3 Å². The Kier molecular flexibility index (Phi) is 5.32. The number of nitrogens with two attached hydrogens (primary N) is 1. The molecule has 0 aliphatic heterocycles. The number of hydrogen-bond acceptors (Lipinski definition) is 5. The molecule has 31 heavy (non-hydrogen) atoms. The maximum absolute atomic E-state index is 12.5. The fourth-order valence-corrected chi connectivity index (χ4v) is 4.29. The van der Waals surface area contributed by atoms with Gasteiger partial charge in [-0.15, -0.1) is 0 Å². The van der Waals surface area contributed by atoms with Crippen molar-refractivity contribution in [3.63, 3.8) is 0 Å². The van der Waals surface area contributed by atoms with Crippen LogP contribution in [0.4, 0.5) is 5.95 Å². The van der Waals surface area contributed by atoms with Crippen molar-refractivity contribution in [2.45, 2.75) is 63.6 Å². The first-order chi connectivity index (χ1) is 15.0. The first-order valence-corrected chi connectivity index (χ1v) is 11.3. The van der Waals surface area contributed by atoms with Gasteiger partial charge >= 0.3 is 0 Å². The van der Waals surface area contributed by atoms with Crippen molar-refractivity contribution in [3.8, 4) is 11.1 Å². The summed E-state index contributed by atoms with van der Waals surface area (Å²) in [6.07, 6.45) is 8.26. The summed E-state index contributed by atoms with van der Waals surface area (Å²) in [6, 6.07) is 13.2. The summed E-state index contributed by atoms with van der Waals surface area (Å²) >= 11 is 0. The van der Waals surface area contributed by atoms with Gasteiger partial charge in [-0.2, -0.15) is 0 Å². The highest BCUT2D eigenvalue weighted by molar-refractivity contribution is 5.96. The van der Waals surface area contributed by atoms with Gasteiger partial charge in [-0.05, 0) is 86.4 Å². The molecule has 2 aliphatic carbocycles. The van der Waals surface area contributed by atoms with E-state index in [9.17, 15) is 4.79 Å². The molecule has 160 valence electrons. The van der Waals surface area contributed by atoms with Gasteiger partial charge in [0.25, 0.3) is 5.91 Å². The number of carbonyl (C=O) groups excluding carboxylic acids is 1. The van der Waals surface area contributed by atoms with E-state index in [1.54, 1.807) is 0 Å². The predicted molar refractivity (Wildman–Crippen MR) is 124 cm³/mol. The molecule has 2 saturated carbocycles. The number of hydrogen-bond donors (Lipinski definition) is 3. The molecule has 1 heterocycles. The number of nitrogens with zero attached hydrogens (tertiary/aromatic N) is 2. The van der Waals surface area contributed by atoms with Crippen molar-refractivity contribution in [2.75, 3.05) is 5.32 Å². The molecule has 5 rings (SSSR count). The predicted octanol–water partition coefficient (Wildman–Crippen LogP) is 4.18. The van der Waals surface area contributed by atoms with E-state index < -0.39 is 0 Å². The fourth-order valence-electron chi connectivity index (χ4n) is 4.29. The molecule has 0 radical (unpaired) electrons. The zero-order chi connectivity index (χ0) is 21.4. The normalized spacial score (nSPS) is 21.1. The summed E-state index contributed by atoms with van der Waals surface area (Å²) in [7, 11) is 0. The van der Waals surface area contributed by atoms with Crippen LogP contribution in [0, 0.1) is 6.92 Å². The number of benzene rings is 2. The molecule has 4 N–H and O–H groups in total. The second-order valence-corrected chi connectivity index (χ2v) is 9.00. The van der Waals surface area contributed by atoms with Gasteiger partial charge < -0.3 is 16.4 Å².